The lowest BCUT2D eigenvalue weighted by atomic mass is 9.97. The first-order valence-corrected chi connectivity index (χ1v) is 21.0. The molecule has 3 heterocycles. The molecule has 62 heavy (non-hydrogen) atoms. The van der Waals surface area contributed by atoms with Gasteiger partial charge in [0.15, 0.2) is 17.5 Å². The summed E-state index contributed by atoms with van der Waals surface area (Å²) in [7, 11) is 0. The van der Waals surface area contributed by atoms with Crippen LogP contribution in [-0.4, -0.2) is 24.1 Å². The van der Waals surface area contributed by atoms with E-state index in [0.717, 1.165) is 50.1 Å². The summed E-state index contributed by atoms with van der Waals surface area (Å²) < 4.78 is 4.89. The molecule has 5 heteroatoms. The third kappa shape index (κ3) is 5.90. The lowest BCUT2D eigenvalue weighted by molar-refractivity contribution is 1.07. The second kappa shape index (κ2) is 14.7. The Balaban J connectivity index is 1.11. The molecule has 290 valence electrons. The van der Waals surface area contributed by atoms with Crippen molar-refractivity contribution >= 4 is 43.6 Å². The lowest BCUT2D eigenvalue weighted by Gasteiger charge is -2.16. The molecule has 0 radical (unpaired) electrons. The molecule has 0 fully saturated rings. The summed E-state index contributed by atoms with van der Waals surface area (Å²) in [5.74, 6) is 1.89. The van der Waals surface area contributed by atoms with Gasteiger partial charge in [0.05, 0.1) is 27.8 Å². The smallest absolute Gasteiger partial charge is 0.164 e. The van der Waals surface area contributed by atoms with Crippen LogP contribution in [0.2, 0.25) is 0 Å². The number of rotatable bonds is 7. The van der Waals surface area contributed by atoms with Gasteiger partial charge in [-0.1, -0.05) is 182 Å². The summed E-state index contributed by atoms with van der Waals surface area (Å²) in [6, 6.07) is 79.4. The van der Waals surface area contributed by atoms with E-state index < -0.39 is 0 Å². The Bertz CT molecular complexity index is 3550. The fourth-order valence-corrected chi connectivity index (χ4v) is 9.15. The van der Waals surface area contributed by atoms with Gasteiger partial charge in [-0.25, -0.2) is 15.0 Å². The molecule has 0 aliphatic heterocycles. The highest BCUT2D eigenvalue weighted by Crippen LogP contribution is 2.44. The van der Waals surface area contributed by atoms with Gasteiger partial charge in [-0.2, -0.15) is 0 Å². The molecule has 3 aromatic heterocycles. The van der Waals surface area contributed by atoms with Crippen LogP contribution in [0.4, 0.5) is 0 Å². The minimum absolute atomic E-state index is 0.620. The largest absolute Gasteiger partial charge is 0.309 e. The van der Waals surface area contributed by atoms with E-state index in [1.807, 2.05) is 60.7 Å². The first kappa shape index (κ1) is 35.5. The predicted molar refractivity (Wildman–Crippen MR) is 256 cm³/mol. The van der Waals surface area contributed by atoms with E-state index in [1.165, 1.54) is 43.8 Å². The third-order valence-electron chi connectivity index (χ3n) is 12.0. The number of para-hydroxylation sites is 2. The van der Waals surface area contributed by atoms with Crippen LogP contribution in [0.15, 0.2) is 224 Å². The summed E-state index contributed by atoms with van der Waals surface area (Å²) in [4.78, 5) is 15.2. The normalized spacial score (nSPS) is 11.5. The molecule has 5 nitrogen and oxygen atoms in total. The quantitative estimate of drug-likeness (QED) is 0.162. The first-order valence-electron chi connectivity index (χ1n) is 21.0. The van der Waals surface area contributed by atoms with E-state index in [2.05, 4.69) is 173 Å². The highest BCUT2D eigenvalue weighted by molar-refractivity contribution is 6.26. The molecule has 0 bridgehead atoms. The summed E-state index contributed by atoms with van der Waals surface area (Å²) in [5.41, 5.74) is 14.2. The van der Waals surface area contributed by atoms with Crippen molar-refractivity contribution in [2.45, 2.75) is 0 Å². The van der Waals surface area contributed by atoms with Gasteiger partial charge in [0.1, 0.15) is 0 Å². The van der Waals surface area contributed by atoms with Crippen molar-refractivity contribution in [2.75, 3.05) is 0 Å². The van der Waals surface area contributed by atoms with E-state index in [1.54, 1.807) is 0 Å². The maximum atomic E-state index is 5.10. The molecular formula is C57H37N5. The second-order valence-electron chi connectivity index (χ2n) is 15.6. The molecule has 0 aliphatic carbocycles. The van der Waals surface area contributed by atoms with Crippen molar-refractivity contribution in [3.05, 3.63) is 224 Å². The van der Waals surface area contributed by atoms with E-state index in [9.17, 15) is 0 Å². The SMILES string of the molecule is c1ccc(-c2ccc(-n3c4ccccc4c4c3ccc3c5ccccc5n(-c5cccc(-c6nc(-c7ccccc7)nc(-c7ccccc7)n6)c5)c34)c(-c3ccccc3)c2)cc1. The zero-order valence-electron chi connectivity index (χ0n) is 33.6. The molecule has 9 aromatic carbocycles. The molecule has 0 atom stereocenters. The average molecular weight is 792 g/mol. The molecule has 0 unspecified atom stereocenters. The molecular weight excluding hydrogens is 755 g/mol. The fourth-order valence-electron chi connectivity index (χ4n) is 9.15. The number of hydrogen-bond acceptors (Lipinski definition) is 3. The highest BCUT2D eigenvalue weighted by Gasteiger charge is 2.23. The van der Waals surface area contributed by atoms with Gasteiger partial charge in [0, 0.05) is 49.5 Å². The van der Waals surface area contributed by atoms with Crippen LogP contribution in [0.5, 0.6) is 0 Å². The van der Waals surface area contributed by atoms with Gasteiger partial charge in [-0.15, -0.1) is 0 Å². The lowest BCUT2D eigenvalue weighted by Crippen LogP contribution is -2.01. The number of benzene rings is 9. The summed E-state index contributed by atoms with van der Waals surface area (Å²) in [6.07, 6.45) is 0. The number of hydrogen-bond donors (Lipinski definition) is 0. The van der Waals surface area contributed by atoms with Gasteiger partial charge >= 0.3 is 0 Å². The summed E-state index contributed by atoms with van der Waals surface area (Å²) in [5, 5.41) is 4.78. The number of nitrogens with zero attached hydrogens (tertiary/aromatic N) is 5. The van der Waals surface area contributed by atoms with Gasteiger partial charge in [0.25, 0.3) is 0 Å². The van der Waals surface area contributed by atoms with Gasteiger partial charge in [-0.05, 0) is 59.2 Å². The highest BCUT2D eigenvalue weighted by atomic mass is 15.0. The van der Waals surface area contributed by atoms with Gasteiger partial charge in [0.2, 0.25) is 0 Å². The van der Waals surface area contributed by atoms with Crippen LogP contribution in [-0.2, 0) is 0 Å². The Labute approximate surface area is 358 Å². The minimum atomic E-state index is 0.620. The monoisotopic (exact) mass is 791 g/mol. The van der Waals surface area contributed by atoms with Crippen LogP contribution in [0, 0.1) is 0 Å². The molecule has 0 N–H and O–H groups in total. The molecule has 0 saturated heterocycles. The summed E-state index contributed by atoms with van der Waals surface area (Å²) in [6.45, 7) is 0. The van der Waals surface area contributed by atoms with Gasteiger partial charge in [-0.3, -0.25) is 0 Å². The van der Waals surface area contributed by atoms with Crippen molar-refractivity contribution < 1.29 is 0 Å². The Kier molecular flexibility index (Phi) is 8.42. The Morgan fingerprint density at radius 2 is 0.806 bits per heavy atom. The van der Waals surface area contributed by atoms with Crippen molar-refractivity contribution in [1.82, 2.24) is 24.1 Å². The zero-order valence-corrected chi connectivity index (χ0v) is 33.6. The molecule has 12 rings (SSSR count). The summed E-state index contributed by atoms with van der Waals surface area (Å²) >= 11 is 0. The Morgan fingerprint density at radius 1 is 0.290 bits per heavy atom. The zero-order chi connectivity index (χ0) is 41.0. The van der Waals surface area contributed by atoms with Crippen LogP contribution in [0.3, 0.4) is 0 Å². The molecule has 0 saturated carbocycles. The standard InChI is InChI=1S/C57H37N5/c1-5-18-38(19-6-1)42-32-34-51(48(37-42)39-20-7-2-8-21-39)62-50-31-16-14-29-47(50)53-52(62)35-33-46-45-28-13-15-30-49(45)61(54(46)53)44-27-17-26-43(36-44)57-59-55(40-22-9-3-10-23-40)58-56(60-57)41-24-11-4-12-25-41/h1-37H. The molecule has 0 aliphatic rings. The van der Waals surface area contributed by atoms with Crippen LogP contribution >= 0.6 is 0 Å². The fraction of sp³-hybridized carbons (Fsp3) is 0. The second-order valence-corrected chi connectivity index (χ2v) is 15.6. The number of aromatic nitrogens is 5. The molecule has 0 spiro atoms. The van der Waals surface area contributed by atoms with E-state index in [4.69, 9.17) is 15.0 Å². The van der Waals surface area contributed by atoms with Crippen LogP contribution in [0.25, 0.3) is 111 Å². The van der Waals surface area contributed by atoms with Crippen molar-refractivity contribution in [3.8, 4) is 67.8 Å². The van der Waals surface area contributed by atoms with Gasteiger partial charge < -0.3 is 9.13 Å². The predicted octanol–water partition coefficient (Wildman–Crippen LogP) is 14.4. The molecule has 12 aromatic rings. The van der Waals surface area contributed by atoms with Crippen LogP contribution < -0.4 is 0 Å². The topological polar surface area (TPSA) is 48.5 Å². The van der Waals surface area contributed by atoms with E-state index >= 15 is 0 Å². The van der Waals surface area contributed by atoms with Crippen molar-refractivity contribution in [3.63, 3.8) is 0 Å². The van der Waals surface area contributed by atoms with Crippen molar-refractivity contribution in [1.29, 1.82) is 0 Å². The minimum Gasteiger partial charge on any atom is -0.309 e. The van der Waals surface area contributed by atoms with Crippen molar-refractivity contribution in [2.24, 2.45) is 0 Å². The Morgan fingerprint density at radius 3 is 1.45 bits per heavy atom. The van der Waals surface area contributed by atoms with E-state index in [-0.39, 0.29) is 0 Å². The molecule has 0 amide bonds. The average Bonchev–Trinajstić information content (AvgIpc) is 3.88. The number of fused-ring (bicyclic) bond motifs is 7. The maximum absolute atomic E-state index is 5.10. The maximum Gasteiger partial charge on any atom is 0.164 e. The van der Waals surface area contributed by atoms with Crippen LogP contribution in [0.1, 0.15) is 0 Å². The Hall–Kier alpha value is -8.41. The van der Waals surface area contributed by atoms with E-state index in [0.29, 0.717) is 17.5 Å². The third-order valence-corrected chi connectivity index (χ3v) is 12.0. The first-order chi connectivity index (χ1) is 30.8.